The summed E-state index contributed by atoms with van der Waals surface area (Å²) in [4.78, 5) is 0. The minimum absolute atomic E-state index is 0.668. The molecule has 1 fully saturated rings. The highest BCUT2D eigenvalue weighted by atomic mass is 15.0. The maximum absolute atomic E-state index is 3.67. The Kier molecular flexibility index (Phi) is 3.97. The van der Waals surface area contributed by atoms with Crippen LogP contribution in [0.5, 0.6) is 0 Å². The summed E-state index contributed by atoms with van der Waals surface area (Å²) in [5.74, 6) is 0.735. The van der Waals surface area contributed by atoms with Crippen LogP contribution in [0.25, 0.3) is 0 Å². The molecule has 1 saturated heterocycles. The van der Waals surface area contributed by atoms with E-state index >= 15 is 0 Å². The quantitative estimate of drug-likeness (QED) is 0.811. The summed E-state index contributed by atoms with van der Waals surface area (Å²) in [5, 5.41) is 7.11. The van der Waals surface area contributed by atoms with Crippen molar-refractivity contribution < 1.29 is 0 Å². The van der Waals surface area contributed by atoms with Crippen molar-refractivity contribution >= 4 is 0 Å². The highest BCUT2D eigenvalue weighted by Gasteiger charge is 2.19. The fourth-order valence-corrected chi connectivity index (χ4v) is 2.39. The van der Waals surface area contributed by atoms with Gasteiger partial charge in [0, 0.05) is 12.6 Å². The molecule has 2 N–H and O–H groups in total. The van der Waals surface area contributed by atoms with Crippen LogP contribution in [0.2, 0.25) is 0 Å². The maximum Gasteiger partial charge on any atom is 0.0208 e. The summed E-state index contributed by atoms with van der Waals surface area (Å²) in [5.41, 5.74) is 2.74. The molecule has 1 heterocycles. The summed E-state index contributed by atoms with van der Waals surface area (Å²) in [6.45, 7) is 7.76. The Morgan fingerprint density at radius 3 is 3.06 bits per heavy atom. The Morgan fingerprint density at radius 2 is 2.31 bits per heavy atom. The third-order valence-electron chi connectivity index (χ3n) is 3.44. The maximum atomic E-state index is 3.67. The van der Waals surface area contributed by atoms with Crippen LogP contribution in [0.15, 0.2) is 24.3 Å². The van der Waals surface area contributed by atoms with Crippen LogP contribution >= 0.6 is 0 Å². The van der Waals surface area contributed by atoms with E-state index in [1.54, 1.807) is 0 Å². The average Bonchev–Trinajstić information content (AvgIpc) is 2.28. The molecule has 0 bridgehead atoms. The van der Waals surface area contributed by atoms with E-state index in [-0.39, 0.29) is 0 Å². The van der Waals surface area contributed by atoms with Gasteiger partial charge in [0.2, 0.25) is 0 Å². The molecule has 88 valence electrons. The zero-order chi connectivity index (χ0) is 11.4. The monoisotopic (exact) mass is 218 g/mol. The summed E-state index contributed by atoms with van der Waals surface area (Å²) in [6.07, 6.45) is 1.24. The predicted octanol–water partition coefficient (Wildman–Crippen LogP) is 2.08. The minimum Gasteiger partial charge on any atom is -0.316 e. The van der Waals surface area contributed by atoms with Gasteiger partial charge in [-0.05, 0) is 37.9 Å². The van der Waals surface area contributed by atoms with Gasteiger partial charge >= 0.3 is 0 Å². The molecule has 0 amide bonds. The van der Waals surface area contributed by atoms with E-state index in [2.05, 4.69) is 48.7 Å². The number of hydrogen-bond donors (Lipinski definition) is 2. The molecular weight excluding hydrogens is 196 g/mol. The van der Waals surface area contributed by atoms with E-state index in [1.807, 2.05) is 0 Å². The minimum atomic E-state index is 0.668. The van der Waals surface area contributed by atoms with Crippen molar-refractivity contribution in [3.05, 3.63) is 35.4 Å². The number of benzene rings is 1. The standard InChI is InChI=1S/C14H22N2/c1-11-4-3-5-13(8-11)10-16-14-6-7-15-9-12(14)2/h3-5,8,12,14-16H,6-7,9-10H2,1-2H3. The van der Waals surface area contributed by atoms with Crippen LogP contribution < -0.4 is 10.6 Å². The zero-order valence-corrected chi connectivity index (χ0v) is 10.3. The highest BCUT2D eigenvalue weighted by Crippen LogP contribution is 2.11. The van der Waals surface area contributed by atoms with Gasteiger partial charge in [-0.2, -0.15) is 0 Å². The Hall–Kier alpha value is -0.860. The molecule has 2 unspecified atom stereocenters. The first-order valence-electron chi connectivity index (χ1n) is 6.25. The van der Waals surface area contributed by atoms with Gasteiger partial charge in [0.05, 0.1) is 0 Å². The van der Waals surface area contributed by atoms with Crippen molar-refractivity contribution in [2.24, 2.45) is 5.92 Å². The van der Waals surface area contributed by atoms with Crippen LogP contribution in [0, 0.1) is 12.8 Å². The molecule has 1 aliphatic rings. The second-order valence-corrected chi connectivity index (χ2v) is 4.95. The normalized spacial score (nSPS) is 25.6. The van der Waals surface area contributed by atoms with Gasteiger partial charge in [0.1, 0.15) is 0 Å². The zero-order valence-electron chi connectivity index (χ0n) is 10.3. The Morgan fingerprint density at radius 1 is 1.44 bits per heavy atom. The van der Waals surface area contributed by atoms with Crippen LogP contribution in [0.4, 0.5) is 0 Å². The largest absolute Gasteiger partial charge is 0.316 e. The van der Waals surface area contributed by atoms with E-state index in [0.717, 1.165) is 25.6 Å². The molecule has 0 aromatic heterocycles. The summed E-state index contributed by atoms with van der Waals surface area (Å²) >= 11 is 0. The third-order valence-corrected chi connectivity index (χ3v) is 3.44. The number of rotatable bonds is 3. The molecular formula is C14H22N2. The van der Waals surface area contributed by atoms with Gasteiger partial charge in [-0.3, -0.25) is 0 Å². The Bertz CT molecular complexity index is 335. The third kappa shape index (κ3) is 3.06. The van der Waals surface area contributed by atoms with Crippen molar-refractivity contribution in [2.45, 2.75) is 32.9 Å². The first-order chi connectivity index (χ1) is 7.75. The number of hydrogen-bond acceptors (Lipinski definition) is 2. The van der Waals surface area contributed by atoms with Gasteiger partial charge in [0.15, 0.2) is 0 Å². The van der Waals surface area contributed by atoms with Gasteiger partial charge in [0.25, 0.3) is 0 Å². The van der Waals surface area contributed by atoms with E-state index in [0.29, 0.717) is 6.04 Å². The summed E-state index contributed by atoms with van der Waals surface area (Å²) in [6, 6.07) is 9.42. The Labute approximate surface area is 98.4 Å². The van der Waals surface area contributed by atoms with Crippen molar-refractivity contribution in [1.29, 1.82) is 0 Å². The van der Waals surface area contributed by atoms with Crippen molar-refractivity contribution in [3.63, 3.8) is 0 Å². The lowest BCUT2D eigenvalue weighted by Crippen LogP contribution is -2.45. The lowest BCUT2D eigenvalue weighted by molar-refractivity contribution is 0.295. The number of piperidine rings is 1. The topological polar surface area (TPSA) is 24.1 Å². The van der Waals surface area contributed by atoms with E-state index in [4.69, 9.17) is 0 Å². The molecule has 2 rings (SSSR count). The lowest BCUT2D eigenvalue weighted by atomic mass is 9.95. The van der Waals surface area contributed by atoms with Crippen molar-refractivity contribution in [2.75, 3.05) is 13.1 Å². The van der Waals surface area contributed by atoms with E-state index in [1.165, 1.54) is 17.5 Å². The van der Waals surface area contributed by atoms with E-state index < -0.39 is 0 Å². The molecule has 0 saturated carbocycles. The highest BCUT2D eigenvalue weighted by molar-refractivity contribution is 5.22. The second kappa shape index (κ2) is 5.46. The van der Waals surface area contributed by atoms with Crippen LogP contribution in [-0.2, 0) is 6.54 Å². The molecule has 0 aliphatic carbocycles. The van der Waals surface area contributed by atoms with Gasteiger partial charge in [-0.15, -0.1) is 0 Å². The molecule has 0 radical (unpaired) electrons. The number of nitrogens with one attached hydrogen (secondary N) is 2. The molecule has 1 aliphatic heterocycles. The fourth-order valence-electron chi connectivity index (χ4n) is 2.39. The summed E-state index contributed by atoms with van der Waals surface area (Å²) < 4.78 is 0. The van der Waals surface area contributed by atoms with Crippen molar-refractivity contribution in [1.82, 2.24) is 10.6 Å². The molecule has 1 aromatic carbocycles. The molecule has 2 nitrogen and oxygen atoms in total. The van der Waals surface area contributed by atoms with Gasteiger partial charge < -0.3 is 10.6 Å². The van der Waals surface area contributed by atoms with Gasteiger partial charge in [-0.1, -0.05) is 36.8 Å². The first kappa shape index (κ1) is 11.6. The summed E-state index contributed by atoms with van der Waals surface area (Å²) in [7, 11) is 0. The van der Waals surface area contributed by atoms with Crippen LogP contribution in [-0.4, -0.2) is 19.1 Å². The second-order valence-electron chi connectivity index (χ2n) is 4.95. The molecule has 1 aromatic rings. The molecule has 0 spiro atoms. The van der Waals surface area contributed by atoms with Crippen molar-refractivity contribution in [3.8, 4) is 0 Å². The lowest BCUT2D eigenvalue weighted by Gasteiger charge is -2.30. The van der Waals surface area contributed by atoms with Crippen LogP contribution in [0.1, 0.15) is 24.5 Å². The van der Waals surface area contributed by atoms with E-state index in [9.17, 15) is 0 Å². The predicted molar refractivity (Wildman–Crippen MR) is 68.5 cm³/mol. The smallest absolute Gasteiger partial charge is 0.0208 e. The van der Waals surface area contributed by atoms with Crippen LogP contribution in [0.3, 0.4) is 0 Å². The fraction of sp³-hybridized carbons (Fsp3) is 0.571. The number of aryl methyl sites for hydroxylation is 1. The first-order valence-corrected chi connectivity index (χ1v) is 6.25. The average molecular weight is 218 g/mol. The van der Waals surface area contributed by atoms with Gasteiger partial charge in [-0.25, -0.2) is 0 Å². The SMILES string of the molecule is Cc1cccc(CNC2CCNCC2C)c1. The molecule has 16 heavy (non-hydrogen) atoms. The molecule has 2 atom stereocenters. The Balaban J connectivity index is 1.86. The molecule has 2 heteroatoms.